The van der Waals surface area contributed by atoms with Gasteiger partial charge in [0, 0.05) is 43.3 Å². The molecule has 0 saturated carbocycles. The van der Waals surface area contributed by atoms with Crippen molar-refractivity contribution in [2.45, 2.75) is 0 Å². The van der Waals surface area contributed by atoms with Gasteiger partial charge in [0.15, 0.2) is 0 Å². The molecule has 0 spiro atoms. The van der Waals surface area contributed by atoms with Crippen LogP contribution in [0.25, 0.3) is 121 Å². The lowest BCUT2D eigenvalue weighted by Gasteiger charge is -2.14. The Morgan fingerprint density at radius 3 is 1.53 bits per heavy atom. The third kappa shape index (κ3) is 4.23. The van der Waals surface area contributed by atoms with Crippen molar-refractivity contribution >= 4 is 87.5 Å². The maximum atomic E-state index is 6.49. The molecular formula is C54H32N2O2. The predicted molar refractivity (Wildman–Crippen MR) is 241 cm³/mol. The molecule has 0 aliphatic heterocycles. The predicted octanol–water partition coefficient (Wildman–Crippen LogP) is 15.0. The summed E-state index contributed by atoms with van der Waals surface area (Å²) in [5.41, 5.74) is 15.0. The van der Waals surface area contributed by atoms with Gasteiger partial charge in [0.05, 0.1) is 38.8 Å². The number of hydrogen-bond donors (Lipinski definition) is 0. The van der Waals surface area contributed by atoms with Crippen LogP contribution in [0.4, 0.5) is 0 Å². The van der Waals surface area contributed by atoms with E-state index in [0.29, 0.717) is 0 Å². The lowest BCUT2D eigenvalue weighted by atomic mass is 9.94. The monoisotopic (exact) mass is 740 g/mol. The highest BCUT2D eigenvalue weighted by Gasteiger charge is 2.26. The van der Waals surface area contributed by atoms with Crippen molar-refractivity contribution < 1.29 is 8.83 Å². The van der Waals surface area contributed by atoms with Crippen molar-refractivity contribution in [3.8, 4) is 33.6 Å². The standard InChI is InChI=1S/C54H32N2O2/c1-2-15-33(16-3-1)34-17-4-8-23-40(34)55-41-24-9-5-18-37(41)53-44(55)31-32-45-54(53)52-36(35-22-13-29-48-50(35)38-19-6-10-27-46(38)57-48)21-12-25-43(52)56(45)42-26-14-30-49-51(42)39-20-7-11-28-47(39)58-49/h1-32H. The number of hydrogen-bond acceptors (Lipinski definition) is 2. The third-order valence-electron chi connectivity index (χ3n) is 12.1. The third-order valence-corrected chi connectivity index (χ3v) is 12.1. The smallest absolute Gasteiger partial charge is 0.137 e. The van der Waals surface area contributed by atoms with Gasteiger partial charge in [-0.1, -0.05) is 133 Å². The Bertz CT molecular complexity index is 3800. The fourth-order valence-electron chi connectivity index (χ4n) is 9.82. The molecule has 13 aromatic rings. The second-order valence-corrected chi connectivity index (χ2v) is 15.2. The first kappa shape index (κ1) is 31.4. The molecule has 4 nitrogen and oxygen atoms in total. The summed E-state index contributed by atoms with van der Waals surface area (Å²) in [5, 5.41) is 9.28. The molecule has 58 heavy (non-hydrogen) atoms. The van der Waals surface area contributed by atoms with Crippen LogP contribution in [-0.4, -0.2) is 9.13 Å². The largest absolute Gasteiger partial charge is 0.456 e. The molecule has 0 atom stereocenters. The maximum Gasteiger partial charge on any atom is 0.137 e. The fourth-order valence-corrected chi connectivity index (χ4v) is 9.82. The number of fused-ring (bicyclic) bond motifs is 13. The Hall–Kier alpha value is -7.82. The van der Waals surface area contributed by atoms with E-state index < -0.39 is 0 Å². The summed E-state index contributed by atoms with van der Waals surface area (Å²) in [6.45, 7) is 0. The van der Waals surface area contributed by atoms with Crippen LogP contribution in [0.1, 0.15) is 0 Å². The molecule has 4 aromatic heterocycles. The van der Waals surface area contributed by atoms with E-state index in [1.165, 1.54) is 32.7 Å². The topological polar surface area (TPSA) is 36.1 Å². The van der Waals surface area contributed by atoms with Crippen molar-refractivity contribution in [1.29, 1.82) is 0 Å². The first-order chi connectivity index (χ1) is 28.8. The van der Waals surface area contributed by atoms with E-state index in [1.54, 1.807) is 0 Å². The van der Waals surface area contributed by atoms with Crippen LogP contribution in [0, 0.1) is 0 Å². The molecule has 0 fully saturated rings. The zero-order valence-corrected chi connectivity index (χ0v) is 31.2. The molecule has 0 radical (unpaired) electrons. The summed E-state index contributed by atoms with van der Waals surface area (Å²) >= 11 is 0. The number of para-hydroxylation sites is 4. The van der Waals surface area contributed by atoms with Gasteiger partial charge in [0.2, 0.25) is 0 Å². The average Bonchev–Trinajstić information content (AvgIpc) is 4.04. The minimum atomic E-state index is 0.870. The second kappa shape index (κ2) is 11.8. The summed E-state index contributed by atoms with van der Waals surface area (Å²) in [6, 6.07) is 69.5. The van der Waals surface area contributed by atoms with Gasteiger partial charge in [0.25, 0.3) is 0 Å². The highest BCUT2D eigenvalue weighted by Crippen LogP contribution is 2.49. The van der Waals surface area contributed by atoms with Crippen molar-refractivity contribution in [3.63, 3.8) is 0 Å². The molecule has 13 rings (SSSR count). The molecule has 0 bridgehead atoms. The number of benzene rings is 9. The maximum absolute atomic E-state index is 6.49. The second-order valence-electron chi connectivity index (χ2n) is 15.2. The van der Waals surface area contributed by atoms with Gasteiger partial charge in [-0.3, -0.25) is 0 Å². The number of rotatable bonds is 4. The first-order valence-electron chi connectivity index (χ1n) is 19.8. The van der Waals surface area contributed by atoms with Gasteiger partial charge < -0.3 is 18.0 Å². The summed E-state index contributed by atoms with van der Waals surface area (Å²) in [6.07, 6.45) is 0. The van der Waals surface area contributed by atoms with Crippen LogP contribution < -0.4 is 0 Å². The normalized spacial score (nSPS) is 12.1. The molecule has 0 saturated heterocycles. The van der Waals surface area contributed by atoms with Crippen molar-refractivity contribution in [3.05, 3.63) is 194 Å². The van der Waals surface area contributed by atoms with Gasteiger partial charge in [-0.25, -0.2) is 0 Å². The van der Waals surface area contributed by atoms with E-state index in [1.807, 2.05) is 12.1 Å². The Kier molecular flexibility index (Phi) is 6.41. The van der Waals surface area contributed by atoms with Gasteiger partial charge in [-0.15, -0.1) is 0 Å². The van der Waals surface area contributed by atoms with E-state index in [4.69, 9.17) is 8.83 Å². The van der Waals surface area contributed by atoms with Crippen molar-refractivity contribution in [2.75, 3.05) is 0 Å². The van der Waals surface area contributed by atoms with Crippen molar-refractivity contribution in [2.24, 2.45) is 0 Å². The average molecular weight is 741 g/mol. The van der Waals surface area contributed by atoms with Crippen LogP contribution >= 0.6 is 0 Å². The quantitative estimate of drug-likeness (QED) is 0.180. The minimum absolute atomic E-state index is 0.870. The zero-order chi connectivity index (χ0) is 37.9. The van der Waals surface area contributed by atoms with E-state index in [0.717, 1.165) is 88.4 Å². The molecule has 4 heterocycles. The number of furan rings is 2. The number of aromatic nitrogens is 2. The Morgan fingerprint density at radius 2 is 0.741 bits per heavy atom. The Morgan fingerprint density at radius 1 is 0.259 bits per heavy atom. The van der Waals surface area contributed by atoms with Crippen molar-refractivity contribution in [1.82, 2.24) is 9.13 Å². The summed E-state index contributed by atoms with van der Waals surface area (Å²) < 4.78 is 17.9. The highest BCUT2D eigenvalue weighted by molar-refractivity contribution is 6.32. The van der Waals surface area contributed by atoms with Gasteiger partial charge in [-0.05, 0) is 77.4 Å². The summed E-state index contributed by atoms with van der Waals surface area (Å²) in [7, 11) is 0. The summed E-state index contributed by atoms with van der Waals surface area (Å²) in [5.74, 6) is 0. The highest BCUT2D eigenvalue weighted by atomic mass is 16.3. The molecule has 270 valence electrons. The lowest BCUT2D eigenvalue weighted by Crippen LogP contribution is -1.97. The molecule has 0 aliphatic rings. The van der Waals surface area contributed by atoms with Crippen LogP contribution in [-0.2, 0) is 0 Å². The van der Waals surface area contributed by atoms with Crippen LogP contribution in [0.15, 0.2) is 203 Å². The molecule has 0 amide bonds. The van der Waals surface area contributed by atoms with E-state index >= 15 is 0 Å². The SMILES string of the molecule is c1ccc(-c2ccccc2-n2c3ccccc3c3c4c5c(-c6cccc7oc8ccccc8c67)cccc5n(-c5cccc6oc7ccccc7c56)c4ccc32)cc1. The Labute approximate surface area is 332 Å². The first-order valence-corrected chi connectivity index (χ1v) is 19.8. The zero-order valence-electron chi connectivity index (χ0n) is 31.2. The fraction of sp³-hybridized carbons (Fsp3) is 0. The minimum Gasteiger partial charge on any atom is -0.456 e. The molecule has 0 aliphatic carbocycles. The van der Waals surface area contributed by atoms with E-state index in [2.05, 4.69) is 191 Å². The number of nitrogens with zero attached hydrogens (tertiary/aromatic N) is 2. The van der Waals surface area contributed by atoms with Crippen LogP contribution in [0.2, 0.25) is 0 Å². The van der Waals surface area contributed by atoms with Crippen LogP contribution in [0.5, 0.6) is 0 Å². The molecule has 0 unspecified atom stereocenters. The van der Waals surface area contributed by atoms with Gasteiger partial charge >= 0.3 is 0 Å². The van der Waals surface area contributed by atoms with Crippen LogP contribution in [0.3, 0.4) is 0 Å². The van der Waals surface area contributed by atoms with E-state index in [9.17, 15) is 0 Å². The van der Waals surface area contributed by atoms with E-state index in [-0.39, 0.29) is 0 Å². The molecule has 0 N–H and O–H groups in total. The molecule has 4 heteroatoms. The lowest BCUT2D eigenvalue weighted by molar-refractivity contribution is 0.668. The van der Waals surface area contributed by atoms with Gasteiger partial charge in [0.1, 0.15) is 22.3 Å². The summed E-state index contributed by atoms with van der Waals surface area (Å²) in [4.78, 5) is 0. The van der Waals surface area contributed by atoms with Gasteiger partial charge in [-0.2, -0.15) is 0 Å². The molecular weight excluding hydrogens is 709 g/mol. The Balaban J connectivity index is 1.24. The molecule has 9 aromatic carbocycles.